The Labute approximate surface area is 118 Å². The number of nitrogens with zero attached hydrogens (tertiary/aromatic N) is 1. The summed E-state index contributed by atoms with van der Waals surface area (Å²) in [6.07, 6.45) is 2.80. The second-order valence-electron chi connectivity index (χ2n) is 4.19. The van der Waals surface area contributed by atoms with Crippen molar-refractivity contribution in [2.75, 3.05) is 13.2 Å². The van der Waals surface area contributed by atoms with Crippen LogP contribution in [0.5, 0.6) is 11.5 Å². The Hall–Kier alpha value is -1.82. The molecule has 20 heavy (non-hydrogen) atoms. The molecule has 2 heterocycles. The van der Waals surface area contributed by atoms with E-state index in [9.17, 15) is 8.78 Å². The fraction of sp³-hybridized carbons (Fsp3) is 0.214. The third kappa shape index (κ3) is 2.70. The fourth-order valence-corrected chi connectivity index (χ4v) is 2.66. The maximum atomic E-state index is 13.6. The van der Waals surface area contributed by atoms with Gasteiger partial charge in [0.15, 0.2) is 23.1 Å². The van der Waals surface area contributed by atoms with Crippen LogP contribution in [0.25, 0.3) is 0 Å². The van der Waals surface area contributed by atoms with Crippen LogP contribution in [0.4, 0.5) is 8.78 Å². The summed E-state index contributed by atoms with van der Waals surface area (Å²) >= 11 is 0.995. The molecule has 0 saturated carbocycles. The molecule has 6 heteroatoms. The van der Waals surface area contributed by atoms with Gasteiger partial charge in [-0.1, -0.05) is 11.8 Å². The van der Waals surface area contributed by atoms with Gasteiger partial charge in [0.2, 0.25) is 0 Å². The van der Waals surface area contributed by atoms with E-state index in [1.54, 1.807) is 18.2 Å². The monoisotopic (exact) mass is 295 g/mol. The van der Waals surface area contributed by atoms with E-state index in [0.29, 0.717) is 29.6 Å². The Balaban J connectivity index is 1.90. The Morgan fingerprint density at radius 3 is 2.45 bits per heavy atom. The highest BCUT2D eigenvalue weighted by molar-refractivity contribution is 7.99. The van der Waals surface area contributed by atoms with Gasteiger partial charge in [-0.15, -0.1) is 0 Å². The SMILES string of the molecule is Fc1cncc(F)c1Sc1ccc2c(c1)OCCCO2. The summed E-state index contributed by atoms with van der Waals surface area (Å²) in [5, 5.41) is 0. The standard InChI is InChI=1S/C14H11F2NO2S/c15-10-7-17-8-11(16)14(10)20-9-2-3-12-13(6-9)19-5-1-4-18-12/h2-3,6-8H,1,4-5H2. The van der Waals surface area contributed by atoms with Gasteiger partial charge in [-0.25, -0.2) is 8.78 Å². The number of ether oxygens (including phenoxy) is 2. The van der Waals surface area contributed by atoms with Crippen LogP contribution in [-0.2, 0) is 0 Å². The fourth-order valence-electron chi connectivity index (χ4n) is 1.82. The van der Waals surface area contributed by atoms with Gasteiger partial charge in [0.1, 0.15) is 0 Å². The van der Waals surface area contributed by atoms with Crippen LogP contribution >= 0.6 is 11.8 Å². The van der Waals surface area contributed by atoms with Gasteiger partial charge < -0.3 is 9.47 Å². The third-order valence-electron chi connectivity index (χ3n) is 2.75. The zero-order valence-corrected chi connectivity index (χ0v) is 11.3. The molecule has 1 aliphatic heterocycles. The van der Waals surface area contributed by atoms with E-state index in [1.807, 2.05) is 0 Å². The summed E-state index contributed by atoms with van der Waals surface area (Å²) in [4.78, 5) is 4.07. The molecule has 0 amide bonds. The van der Waals surface area contributed by atoms with Crippen molar-refractivity contribution in [2.45, 2.75) is 16.2 Å². The number of halogens is 2. The van der Waals surface area contributed by atoms with Crippen LogP contribution < -0.4 is 9.47 Å². The molecule has 104 valence electrons. The zero-order chi connectivity index (χ0) is 13.9. The average molecular weight is 295 g/mol. The van der Waals surface area contributed by atoms with Crippen molar-refractivity contribution in [1.29, 1.82) is 0 Å². The van der Waals surface area contributed by atoms with Crippen LogP contribution in [0.2, 0.25) is 0 Å². The number of pyridine rings is 1. The Bertz CT molecular complexity index is 616. The molecule has 2 aromatic rings. The molecule has 0 saturated heterocycles. The van der Waals surface area contributed by atoms with Crippen LogP contribution in [0.3, 0.4) is 0 Å². The minimum Gasteiger partial charge on any atom is -0.490 e. The largest absolute Gasteiger partial charge is 0.490 e. The first kappa shape index (κ1) is 13.2. The minimum absolute atomic E-state index is 0.0745. The second kappa shape index (κ2) is 5.66. The van der Waals surface area contributed by atoms with Crippen molar-refractivity contribution in [1.82, 2.24) is 4.98 Å². The Kier molecular flexibility index (Phi) is 3.73. The van der Waals surface area contributed by atoms with Crippen molar-refractivity contribution in [3.63, 3.8) is 0 Å². The molecule has 0 aliphatic carbocycles. The molecule has 1 aromatic carbocycles. The lowest BCUT2D eigenvalue weighted by atomic mass is 10.3. The van der Waals surface area contributed by atoms with Crippen LogP contribution in [0.1, 0.15) is 6.42 Å². The molecule has 0 spiro atoms. The van der Waals surface area contributed by atoms with E-state index >= 15 is 0 Å². The van der Waals surface area contributed by atoms with E-state index in [0.717, 1.165) is 30.6 Å². The third-order valence-corrected chi connectivity index (χ3v) is 3.83. The topological polar surface area (TPSA) is 31.4 Å². The normalized spacial score (nSPS) is 13.9. The van der Waals surface area contributed by atoms with Crippen LogP contribution in [0.15, 0.2) is 40.4 Å². The van der Waals surface area contributed by atoms with Gasteiger partial charge in [-0.2, -0.15) is 0 Å². The van der Waals surface area contributed by atoms with E-state index in [-0.39, 0.29) is 4.90 Å². The maximum Gasteiger partial charge on any atom is 0.162 e. The van der Waals surface area contributed by atoms with E-state index in [4.69, 9.17) is 9.47 Å². The summed E-state index contributed by atoms with van der Waals surface area (Å²) in [5.74, 6) is -0.103. The first-order chi connectivity index (χ1) is 9.74. The van der Waals surface area contributed by atoms with Crippen LogP contribution in [0, 0.1) is 11.6 Å². The first-order valence-electron chi connectivity index (χ1n) is 6.10. The Morgan fingerprint density at radius 2 is 1.70 bits per heavy atom. The van der Waals surface area contributed by atoms with Gasteiger partial charge in [-0.05, 0) is 18.2 Å². The zero-order valence-electron chi connectivity index (χ0n) is 10.4. The average Bonchev–Trinajstić information content (AvgIpc) is 2.68. The molecule has 0 atom stereocenters. The molecular formula is C14H11F2NO2S. The summed E-state index contributed by atoms with van der Waals surface area (Å²) in [5.41, 5.74) is 0. The summed E-state index contributed by atoms with van der Waals surface area (Å²) in [6.45, 7) is 1.17. The molecule has 1 aromatic heterocycles. The lowest BCUT2D eigenvalue weighted by Gasteiger charge is -2.09. The molecule has 0 N–H and O–H groups in total. The molecule has 0 fully saturated rings. The predicted octanol–water partition coefficient (Wildman–Crippen LogP) is 3.67. The lowest BCUT2D eigenvalue weighted by molar-refractivity contribution is 0.297. The quantitative estimate of drug-likeness (QED) is 0.846. The number of benzene rings is 1. The van der Waals surface area contributed by atoms with E-state index in [1.165, 1.54) is 0 Å². The van der Waals surface area contributed by atoms with E-state index in [2.05, 4.69) is 4.98 Å². The number of hydrogen-bond donors (Lipinski definition) is 0. The van der Waals surface area contributed by atoms with Gasteiger partial charge >= 0.3 is 0 Å². The van der Waals surface area contributed by atoms with Crippen LogP contribution in [-0.4, -0.2) is 18.2 Å². The minimum atomic E-state index is -0.679. The summed E-state index contributed by atoms with van der Waals surface area (Å²) < 4.78 is 38.2. The molecule has 0 bridgehead atoms. The smallest absolute Gasteiger partial charge is 0.162 e. The lowest BCUT2D eigenvalue weighted by Crippen LogP contribution is -1.97. The van der Waals surface area contributed by atoms with Crippen molar-refractivity contribution < 1.29 is 18.3 Å². The molecular weight excluding hydrogens is 284 g/mol. The van der Waals surface area contributed by atoms with Crippen molar-refractivity contribution in [3.8, 4) is 11.5 Å². The highest BCUT2D eigenvalue weighted by Gasteiger charge is 2.14. The molecule has 0 unspecified atom stereocenters. The maximum absolute atomic E-state index is 13.6. The molecule has 3 rings (SSSR count). The first-order valence-corrected chi connectivity index (χ1v) is 6.92. The van der Waals surface area contributed by atoms with Gasteiger partial charge in [0.05, 0.1) is 30.5 Å². The highest BCUT2D eigenvalue weighted by atomic mass is 32.2. The number of fused-ring (bicyclic) bond motifs is 1. The number of hydrogen-bond acceptors (Lipinski definition) is 4. The highest BCUT2D eigenvalue weighted by Crippen LogP contribution is 2.37. The predicted molar refractivity (Wildman–Crippen MR) is 70.3 cm³/mol. The van der Waals surface area contributed by atoms with Crippen molar-refractivity contribution >= 4 is 11.8 Å². The molecule has 0 radical (unpaired) electrons. The van der Waals surface area contributed by atoms with Gasteiger partial charge in [0.25, 0.3) is 0 Å². The molecule has 1 aliphatic rings. The summed E-state index contributed by atoms with van der Waals surface area (Å²) in [7, 11) is 0. The second-order valence-corrected chi connectivity index (χ2v) is 5.28. The number of aromatic nitrogens is 1. The van der Waals surface area contributed by atoms with Gasteiger partial charge in [0, 0.05) is 11.3 Å². The molecule has 3 nitrogen and oxygen atoms in total. The number of rotatable bonds is 2. The summed E-state index contributed by atoms with van der Waals surface area (Å²) in [6, 6.07) is 5.22. The van der Waals surface area contributed by atoms with Crippen molar-refractivity contribution in [3.05, 3.63) is 42.2 Å². The van der Waals surface area contributed by atoms with Gasteiger partial charge in [-0.3, -0.25) is 4.98 Å². The Morgan fingerprint density at radius 1 is 1.00 bits per heavy atom. The van der Waals surface area contributed by atoms with E-state index < -0.39 is 11.6 Å². The van der Waals surface area contributed by atoms with Crippen molar-refractivity contribution in [2.24, 2.45) is 0 Å².